The van der Waals surface area contributed by atoms with Crippen LogP contribution in [0.2, 0.25) is 0 Å². The third-order valence-corrected chi connectivity index (χ3v) is 4.79. The van der Waals surface area contributed by atoms with Gasteiger partial charge in [0.15, 0.2) is 0 Å². The monoisotopic (exact) mass is 273 g/mol. The maximum absolute atomic E-state index is 12.4. The van der Waals surface area contributed by atoms with Gasteiger partial charge in [-0.25, -0.2) is 8.42 Å². The van der Waals surface area contributed by atoms with Crippen LogP contribution in [0.25, 0.3) is 0 Å². The second kappa shape index (κ2) is 4.82. The smallest absolute Gasteiger partial charge is 0.206 e. The zero-order valence-electron chi connectivity index (χ0n) is 11.3. The molecule has 3 heteroatoms. The van der Waals surface area contributed by atoms with Gasteiger partial charge in [0.25, 0.3) is 0 Å². The predicted molar refractivity (Wildman–Crippen MR) is 75.9 cm³/mol. The molecule has 99 valence electrons. The van der Waals surface area contributed by atoms with E-state index in [0.717, 1.165) is 5.56 Å². The fourth-order valence-corrected chi connectivity index (χ4v) is 3.06. The van der Waals surface area contributed by atoms with Crippen LogP contribution in [0.3, 0.4) is 0 Å². The van der Waals surface area contributed by atoms with Crippen molar-refractivity contribution in [1.82, 2.24) is 0 Å². The average Bonchev–Trinajstić information content (AvgIpc) is 2.39. The molecule has 1 radical (unpaired) electrons. The highest BCUT2D eigenvalue weighted by molar-refractivity contribution is 7.91. The Morgan fingerprint density at radius 2 is 1.58 bits per heavy atom. The van der Waals surface area contributed by atoms with Gasteiger partial charge in [-0.15, -0.1) is 0 Å². The predicted octanol–water partition coefficient (Wildman–Crippen LogP) is 3.62. The Morgan fingerprint density at radius 3 is 2.05 bits per heavy atom. The lowest BCUT2D eigenvalue weighted by Crippen LogP contribution is -2.11. The Hall–Kier alpha value is -1.61. The zero-order chi connectivity index (χ0) is 14.1. The van der Waals surface area contributed by atoms with Crippen molar-refractivity contribution in [2.24, 2.45) is 0 Å². The molecule has 2 aromatic carbocycles. The number of rotatable bonds is 2. The number of hydrogen-bond donors (Lipinski definition) is 0. The molecule has 2 rings (SSSR count). The van der Waals surface area contributed by atoms with E-state index in [-0.39, 0.29) is 10.3 Å². The van der Waals surface area contributed by atoms with Gasteiger partial charge in [-0.2, -0.15) is 0 Å². The van der Waals surface area contributed by atoms with Crippen LogP contribution in [0.4, 0.5) is 0 Å². The minimum atomic E-state index is -3.43. The van der Waals surface area contributed by atoms with E-state index in [1.807, 2.05) is 12.1 Å². The molecule has 2 aromatic rings. The normalized spacial score (nSPS) is 12.4. The molecule has 0 spiro atoms. The summed E-state index contributed by atoms with van der Waals surface area (Å²) in [5.74, 6) is 0. The van der Waals surface area contributed by atoms with E-state index in [2.05, 4.69) is 26.8 Å². The molecule has 0 aliphatic heterocycles. The van der Waals surface area contributed by atoms with Crippen molar-refractivity contribution >= 4 is 9.84 Å². The summed E-state index contributed by atoms with van der Waals surface area (Å²) >= 11 is 0. The zero-order valence-corrected chi connectivity index (χ0v) is 12.2. The van der Waals surface area contributed by atoms with Gasteiger partial charge in [0.05, 0.1) is 9.79 Å². The van der Waals surface area contributed by atoms with Crippen LogP contribution in [-0.2, 0) is 15.3 Å². The topological polar surface area (TPSA) is 34.1 Å². The maximum atomic E-state index is 12.4. The SMILES string of the molecule is CC(C)(C)c1ccc(S(=O)(=O)c2c[c]ccc2)cc1. The van der Waals surface area contributed by atoms with Gasteiger partial charge in [0.1, 0.15) is 0 Å². The third kappa shape index (κ3) is 2.87. The van der Waals surface area contributed by atoms with E-state index in [9.17, 15) is 8.42 Å². The van der Waals surface area contributed by atoms with Gasteiger partial charge in [-0.05, 0) is 41.3 Å². The van der Waals surface area contributed by atoms with Gasteiger partial charge in [-0.3, -0.25) is 0 Å². The molecule has 0 saturated heterocycles. The Morgan fingerprint density at radius 1 is 0.947 bits per heavy atom. The van der Waals surface area contributed by atoms with Crippen LogP contribution in [-0.4, -0.2) is 8.42 Å². The quantitative estimate of drug-likeness (QED) is 0.837. The Bertz CT molecular complexity index is 648. The molecule has 0 aromatic heterocycles. The standard InChI is InChI=1S/C16H17O2S/c1-16(2,3)13-9-11-15(12-10-13)19(17,18)14-7-5-4-6-8-14/h4-5,7-12H,1-3H3. The van der Waals surface area contributed by atoms with Gasteiger partial charge in [0.2, 0.25) is 9.84 Å². The van der Waals surface area contributed by atoms with Crippen molar-refractivity contribution < 1.29 is 8.42 Å². The molecule has 0 atom stereocenters. The lowest BCUT2D eigenvalue weighted by Gasteiger charge is -2.19. The second-order valence-corrected chi connectivity index (χ2v) is 7.47. The molecule has 2 nitrogen and oxygen atoms in total. The van der Waals surface area contributed by atoms with Gasteiger partial charge in [-0.1, -0.05) is 45.0 Å². The first-order valence-electron chi connectivity index (χ1n) is 6.13. The lowest BCUT2D eigenvalue weighted by atomic mass is 9.87. The van der Waals surface area contributed by atoms with Crippen molar-refractivity contribution in [3.05, 3.63) is 60.2 Å². The number of hydrogen-bond acceptors (Lipinski definition) is 2. The number of benzene rings is 2. The molecule has 0 unspecified atom stereocenters. The summed E-state index contributed by atoms with van der Waals surface area (Å²) in [5, 5.41) is 0. The van der Waals surface area contributed by atoms with Crippen molar-refractivity contribution in [3.8, 4) is 0 Å². The van der Waals surface area contributed by atoms with Gasteiger partial charge < -0.3 is 0 Å². The first-order chi connectivity index (χ1) is 8.82. The first-order valence-corrected chi connectivity index (χ1v) is 7.62. The molecular formula is C16H17O2S. The highest BCUT2D eigenvalue weighted by atomic mass is 32.2. The summed E-state index contributed by atoms with van der Waals surface area (Å²) in [4.78, 5) is 0.596. The largest absolute Gasteiger partial charge is 0.219 e. The summed E-state index contributed by atoms with van der Waals surface area (Å²) in [6.07, 6.45) is 0. The fourth-order valence-electron chi connectivity index (χ4n) is 1.81. The average molecular weight is 273 g/mol. The molecule has 0 N–H and O–H groups in total. The van der Waals surface area contributed by atoms with E-state index in [0.29, 0.717) is 4.90 Å². The minimum Gasteiger partial charge on any atom is -0.219 e. The maximum Gasteiger partial charge on any atom is 0.206 e. The summed E-state index contributed by atoms with van der Waals surface area (Å²) in [7, 11) is -3.43. The third-order valence-electron chi connectivity index (χ3n) is 3.02. The Balaban J connectivity index is 2.43. The minimum absolute atomic E-state index is 0.0167. The first kappa shape index (κ1) is 13.8. The Labute approximate surface area is 115 Å². The summed E-state index contributed by atoms with van der Waals surface area (Å²) in [6, 6.07) is 16.3. The van der Waals surface area contributed by atoms with Crippen molar-refractivity contribution in [2.75, 3.05) is 0 Å². The van der Waals surface area contributed by atoms with E-state index < -0.39 is 9.84 Å². The molecular weight excluding hydrogens is 256 g/mol. The molecule has 0 aliphatic carbocycles. The van der Waals surface area contributed by atoms with E-state index in [4.69, 9.17) is 0 Å². The highest BCUT2D eigenvalue weighted by Crippen LogP contribution is 2.25. The van der Waals surface area contributed by atoms with Crippen LogP contribution in [0.1, 0.15) is 26.3 Å². The van der Waals surface area contributed by atoms with Crippen molar-refractivity contribution in [1.29, 1.82) is 0 Å². The molecule has 0 aliphatic rings. The lowest BCUT2D eigenvalue weighted by molar-refractivity contribution is 0.586. The summed E-state index contributed by atoms with van der Waals surface area (Å²) in [6.45, 7) is 6.30. The molecule has 0 heterocycles. The summed E-state index contributed by atoms with van der Waals surface area (Å²) < 4.78 is 24.7. The van der Waals surface area contributed by atoms with E-state index >= 15 is 0 Å². The number of sulfone groups is 1. The molecule has 0 fully saturated rings. The van der Waals surface area contributed by atoms with E-state index in [1.165, 1.54) is 6.07 Å². The fraction of sp³-hybridized carbons (Fsp3) is 0.250. The van der Waals surface area contributed by atoms with Gasteiger partial charge >= 0.3 is 0 Å². The molecule has 0 amide bonds. The molecule has 19 heavy (non-hydrogen) atoms. The van der Waals surface area contributed by atoms with Crippen LogP contribution < -0.4 is 0 Å². The van der Waals surface area contributed by atoms with Crippen molar-refractivity contribution in [3.63, 3.8) is 0 Å². The van der Waals surface area contributed by atoms with Crippen LogP contribution in [0, 0.1) is 6.07 Å². The Kier molecular flexibility index (Phi) is 3.50. The van der Waals surface area contributed by atoms with Gasteiger partial charge in [0, 0.05) is 0 Å². The van der Waals surface area contributed by atoms with Crippen LogP contribution in [0.15, 0.2) is 58.3 Å². The van der Waals surface area contributed by atoms with Crippen LogP contribution in [0.5, 0.6) is 0 Å². The molecule has 0 bridgehead atoms. The summed E-state index contributed by atoms with van der Waals surface area (Å²) in [5.41, 5.74) is 1.13. The van der Waals surface area contributed by atoms with Crippen molar-refractivity contribution in [2.45, 2.75) is 36.0 Å². The molecule has 0 saturated carbocycles. The second-order valence-electron chi connectivity index (χ2n) is 5.52. The van der Waals surface area contributed by atoms with Crippen LogP contribution >= 0.6 is 0 Å². The highest BCUT2D eigenvalue weighted by Gasteiger charge is 2.19. The van der Waals surface area contributed by atoms with E-state index in [1.54, 1.807) is 30.3 Å².